The number of aromatic amines is 1. The molecular formula is C28H38F2N6O. The molecule has 0 spiro atoms. The quantitative estimate of drug-likeness (QED) is 0.158. The van der Waals surface area contributed by atoms with Gasteiger partial charge in [-0.2, -0.15) is 0 Å². The average Bonchev–Trinajstić information content (AvgIpc) is 3.33. The summed E-state index contributed by atoms with van der Waals surface area (Å²) >= 11 is 0. The van der Waals surface area contributed by atoms with Gasteiger partial charge in [-0.1, -0.05) is 39.0 Å². The van der Waals surface area contributed by atoms with Gasteiger partial charge in [-0.25, -0.2) is 13.8 Å². The minimum atomic E-state index is -0.912. The molecule has 3 rings (SSSR count). The normalized spacial score (nSPS) is 13.4. The van der Waals surface area contributed by atoms with E-state index in [1.54, 1.807) is 12.4 Å². The number of aliphatic hydroxyl groups is 1. The SMILES string of the molecule is CCNc1c(F)cc(F)cc1CC(c1ncc[nH]1)C(O)CNCc1cc(CC(C)(C)C)ccc1C(=N)N. The molecule has 0 saturated heterocycles. The number of imidazole rings is 1. The zero-order chi connectivity index (χ0) is 27.2. The first kappa shape index (κ1) is 28.3. The van der Waals surface area contributed by atoms with E-state index < -0.39 is 23.7 Å². The van der Waals surface area contributed by atoms with E-state index in [0.717, 1.165) is 23.6 Å². The molecule has 1 aromatic heterocycles. The second-order valence-electron chi connectivity index (χ2n) is 10.6. The molecule has 0 fully saturated rings. The van der Waals surface area contributed by atoms with E-state index in [1.165, 1.54) is 6.07 Å². The molecule has 2 unspecified atom stereocenters. The Hall–Kier alpha value is -3.30. The van der Waals surface area contributed by atoms with Crippen molar-refractivity contribution < 1.29 is 13.9 Å². The summed E-state index contributed by atoms with van der Waals surface area (Å²) in [7, 11) is 0. The lowest BCUT2D eigenvalue weighted by molar-refractivity contribution is 0.136. The number of anilines is 1. The van der Waals surface area contributed by atoms with Crippen LogP contribution in [-0.2, 0) is 19.4 Å². The van der Waals surface area contributed by atoms with Crippen LogP contribution in [0.2, 0.25) is 0 Å². The van der Waals surface area contributed by atoms with Gasteiger partial charge in [0.05, 0.1) is 11.8 Å². The van der Waals surface area contributed by atoms with Gasteiger partial charge in [0.25, 0.3) is 0 Å². The maximum absolute atomic E-state index is 14.5. The summed E-state index contributed by atoms with van der Waals surface area (Å²) in [5, 5.41) is 25.3. The summed E-state index contributed by atoms with van der Waals surface area (Å²) in [6.07, 6.45) is 3.37. The highest BCUT2D eigenvalue weighted by atomic mass is 19.1. The predicted octanol–water partition coefficient (Wildman–Crippen LogP) is 4.47. The van der Waals surface area contributed by atoms with Gasteiger partial charge in [-0.3, -0.25) is 5.41 Å². The van der Waals surface area contributed by atoms with Gasteiger partial charge in [0.15, 0.2) is 0 Å². The number of aliphatic hydroxyl groups excluding tert-OH is 1. The summed E-state index contributed by atoms with van der Waals surface area (Å²) in [6.45, 7) is 9.40. The zero-order valence-electron chi connectivity index (χ0n) is 22.0. The standard InChI is InChI=1S/C28H38F2N6O/c1-5-34-25-18(11-20(29)13-23(25)30)12-22(27-35-8-9-36-27)24(37)16-33-15-19-10-17(14-28(2,3)4)6-7-21(19)26(31)32/h6-11,13,22,24,33-34,37H,5,12,14-16H2,1-4H3,(H3,31,32)(H,35,36). The molecular weight excluding hydrogens is 474 g/mol. The largest absolute Gasteiger partial charge is 0.391 e. The van der Waals surface area contributed by atoms with Crippen LogP contribution >= 0.6 is 0 Å². The van der Waals surface area contributed by atoms with Crippen molar-refractivity contribution >= 4 is 11.5 Å². The lowest BCUT2D eigenvalue weighted by Crippen LogP contribution is -2.33. The predicted molar refractivity (Wildman–Crippen MR) is 144 cm³/mol. The number of nitrogen functional groups attached to an aromatic ring is 1. The summed E-state index contributed by atoms with van der Waals surface area (Å²) < 4.78 is 28.6. The Bertz CT molecular complexity index is 1190. The van der Waals surface area contributed by atoms with Crippen molar-refractivity contribution in [2.75, 3.05) is 18.4 Å². The van der Waals surface area contributed by atoms with Crippen molar-refractivity contribution in [3.8, 4) is 0 Å². The van der Waals surface area contributed by atoms with Crippen LogP contribution in [0.1, 0.15) is 61.7 Å². The van der Waals surface area contributed by atoms with Gasteiger partial charge in [0, 0.05) is 49.6 Å². The van der Waals surface area contributed by atoms with Crippen molar-refractivity contribution in [3.05, 3.63) is 82.4 Å². The number of nitrogens with zero attached hydrogens (tertiary/aromatic N) is 1. The molecule has 0 bridgehead atoms. The highest BCUT2D eigenvalue weighted by molar-refractivity contribution is 5.96. The third-order valence-corrected chi connectivity index (χ3v) is 6.13. The Balaban J connectivity index is 1.78. The van der Waals surface area contributed by atoms with E-state index in [2.05, 4.69) is 41.4 Å². The van der Waals surface area contributed by atoms with E-state index in [4.69, 9.17) is 11.1 Å². The van der Waals surface area contributed by atoms with Crippen LogP contribution in [0.3, 0.4) is 0 Å². The van der Waals surface area contributed by atoms with Crippen molar-refractivity contribution in [1.82, 2.24) is 15.3 Å². The topological polar surface area (TPSA) is 123 Å². The van der Waals surface area contributed by atoms with Crippen molar-refractivity contribution in [2.24, 2.45) is 11.1 Å². The molecule has 9 heteroatoms. The minimum Gasteiger partial charge on any atom is -0.391 e. The second kappa shape index (κ2) is 12.3. The number of nitrogens with two attached hydrogens (primary N) is 1. The Morgan fingerprint density at radius 2 is 1.95 bits per heavy atom. The van der Waals surface area contributed by atoms with Gasteiger partial charge in [-0.05, 0) is 47.9 Å². The number of nitrogens with one attached hydrogen (secondary N) is 4. The van der Waals surface area contributed by atoms with E-state index in [9.17, 15) is 13.9 Å². The van der Waals surface area contributed by atoms with Crippen molar-refractivity contribution in [2.45, 2.75) is 59.1 Å². The molecule has 3 aromatic rings. The molecule has 0 aliphatic rings. The Labute approximate surface area is 217 Å². The van der Waals surface area contributed by atoms with Crippen LogP contribution in [0.5, 0.6) is 0 Å². The van der Waals surface area contributed by atoms with Crippen LogP contribution in [-0.4, -0.2) is 40.1 Å². The zero-order valence-corrected chi connectivity index (χ0v) is 22.0. The second-order valence-corrected chi connectivity index (χ2v) is 10.6. The van der Waals surface area contributed by atoms with Gasteiger partial charge >= 0.3 is 0 Å². The molecule has 0 aliphatic heterocycles. The van der Waals surface area contributed by atoms with Crippen molar-refractivity contribution in [3.63, 3.8) is 0 Å². The Morgan fingerprint density at radius 3 is 2.57 bits per heavy atom. The fourth-order valence-electron chi connectivity index (χ4n) is 4.57. The average molecular weight is 513 g/mol. The first-order valence-electron chi connectivity index (χ1n) is 12.5. The number of hydrogen-bond acceptors (Lipinski definition) is 5. The Kier molecular flexibility index (Phi) is 9.39. The number of hydrogen-bond donors (Lipinski definition) is 6. The number of rotatable bonds is 12. The van der Waals surface area contributed by atoms with Gasteiger partial charge in [0.2, 0.25) is 0 Å². The smallest absolute Gasteiger partial charge is 0.149 e. The number of benzene rings is 2. The highest BCUT2D eigenvalue weighted by Gasteiger charge is 2.26. The lowest BCUT2D eigenvalue weighted by Gasteiger charge is -2.24. The van der Waals surface area contributed by atoms with Crippen LogP contribution in [0, 0.1) is 22.5 Å². The lowest BCUT2D eigenvalue weighted by atomic mass is 9.87. The highest BCUT2D eigenvalue weighted by Crippen LogP contribution is 2.29. The maximum atomic E-state index is 14.5. The van der Waals surface area contributed by atoms with Crippen molar-refractivity contribution in [1.29, 1.82) is 5.41 Å². The molecule has 7 nitrogen and oxygen atoms in total. The number of H-pyrrole nitrogens is 1. The molecule has 2 atom stereocenters. The monoisotopic (exact) mass is 512 g/mol. The van der Waals surface area contributed by atoms with E-state index in [-0.39, 0.29) is 29.9 Å². The fraction of sp³-hybridized carbons (Fsp3) is 0.429. The first-order chi connectivity index (χ1) is 17.5. The molecule has 0 amide bonds. The number of aromatic nitrogens is 2. The van der Waals surface area contributed by atoms with E-state index in [1.807, 2.05) is 25.1 Å². The van der Waals surface area contributed by atoms with Crippen LogP contribution in [0.15, 0.2) is 42.7 Å². The fourth-order valence-corrected chi connectivity index (χ4v) is 4.57. The molecule has 37 heavy (non-hydrogen) atoms. The third kappa shape index (κ3) is 7.84. The maximum Gasteiger partial charge on any atom is 0.149 e. The van der Waals surface area contributed by atoms with Gasteiger partial charge < -0.3 is 26.5 Å². The molecule has 1 heterocycles. The summed E-state index contributed by atoms with van der Waals surface area (Å²) in [4.78, 5) is 7.34. The minimum absolute atomic E-state index is 0.0165. The summed E-state index contributed by atoms with van der Waals surface area (Å²) in [5.41, 5.74) is 9.23. The van der Waals surface area contributed by atoms with Crippen LogP contribution < -0.4 is 16.4 Å². The first-order valence-corrected chi connectivity index (χ1v) is 12.5. The van der Waals surface area contributed by atoms with Gasteiger partial charge in [-0.15, -0.1) is 0 Å². The van der Waals surface area contributed by atoms with Crippen LogP contribution in [0.25, 0.3) is 0 Å². The number of amidine groups is 1. The number of halogens is 2. The molecule has 200 valence electrons. The van der Waals surface area contributed by atoms with Gasteiger partial charge in [0.1, 0.15) is 23.3 Å². The van der Waals surface area contributed by atoms with E-state index >= 15 is 0 Å². The molecule has 7 N–H and O–H groups in total. The summed E-state index contributed by atoms with van der Waals surface area (Å²) in [6, 6.07) is 8.04. The molecule has 2 aromatic carbocycles. The molecule has 0 saturated carbocycles. The summed E-state index contributed by atoms with van der Waals surface area (Å²) in [5.74, 6) is -1.38. The van der Waals surface area contributed by atoms with E-state index in [0.29, 0.717) is 30.0 Å². The third-order valence-electron chi connectivity index (χ3n) is 6.13. The van der Waals surface area contributed by atoms with Crippen LogP contribution in [0.4, 0.5) is 14.5 Å². The molecule has 0 aliphatic carbocycles. The Morgan fingerprint density at radius 1 is 1.19 bits per heavy atom. The molecule has 0 radical (unpaired) electrons.